The highest BCUT2D eigenvalue weighted by molar-refractivity contribution is 7.10. The van der Waals surface area contributed by atoms with Crippen LogP contribution in [0.5, 0.6) is 0 Å². The fourth-order valence-corrected chi connectivity index (χ4v) is 4.08. The summed E-state index contributed by atoms with van der Waals surface area (Å²) < 4.78 is 5.28. The number of alkyl carbamates (subject to hydrolysis) is 1. The molecule has 0 aliphatic heterocycles. The Morgan fingerprint density at radius 2 is 1.67 bits per heavy atom. The van der Waals surface area contributed by atoms with E-state index in [1.807, 2.05) is 35.0 Å². The van der Waals surface area contributed by atoms with E-state index in [4.69, 9.17) is 9.84 Å². The molecular formula is C20H27N3O5S2. The van der Waals surface area contributed by atoms with Gasteiger partial charge in [0.1, 0.15) is 11.6 Å². The molecule has 3 amide bonds. The lowest BCUT2D eigenvalue weighted by Crippen LogP contribution is -2.50. The zero-order valence-corrected chi connectivity index (χ0v) is 18.8. The van der Waals surface area contributed by atoms with Crippen molar-refractivity contribution in [1.29, 1.82) is 0 Å². The van der Waals surface area contributed by atoms with E-state index in [-0.39, 0.29) is 18.9 Å². The topological polar surface area (TPSA) is 108 Å². The lowest BCUT2D eigenvalue weighted by atomic mass is 10.1. The highest BCUT2D eigenvalue weighted by Gasteiger charge is 2.28. The van der Waals surface area contributed by atoms with Gasteiger partial charge in [-0.1, -0.05) is 12.1 Å². The molecule has 0 aliphatic carbocycles. The zero-order valence-electron chi connectivity index (χ0n) is 17.2. The average molecular weight is 454 g/mol. The SMILES string of the molecule is CC(C)(C)OC(=O)N[C@@H](CCNC(=O)O)C(=O)N(Cc1cccs1)Cc1cccs1. The molecule has 164 valence electrons. The molecule has 0 unspecified atom stereocenters. The third-order valence-electron chi connectivity index (χ3n) is 3.86. The van der Waals surface area contributed by atoms with Gasteiger partial charge in [-0.2, -0.15) is 0 Å². The molecule has 0 aliphatic rings. The maximum atomic E-state index is 13.4. The van der Waals surface area contributed by atoms with Crippen LogP contribution in [-0.2, 0) is 22.6 Å². The van der Waals surface area contributed by atoms with Crippen LogP contribution in [0.3, 0.4) is 0 Å². The summed E-state index contributed by atoms with van der Waals surface area (Å²) >= 11 is 3.09. The molecule has 0 saturated heterocycles. The molecule has 8 nitrogen and oxygen atoms in total. The Balaban J connectivity index is 2.17. The van der Waals surface area contributed by atoms with Gasteiger partial charge in [0.15, 0.2) is 0 Å². The molecule has 2 aromatic rings. The summed E-state index contributed by atoms with van der Waals surface area (Å²) in [5.41, 5.74) is -0.718. The van der Waals surface area contributed by atoms with Gasteiger partial charge in [-0.3, -0.25) is 4.79 Å². The van der Waals surface area contributed by atoms with Crippen LogP contribution >= 0.6 is 22.7 Å². The molecule has 30 heavy (non-hydrogen) atoms. The lowest BCUT2D eigenvalue weighted by molar-refractivity contribution is -0.134. The Hall–Kier alpha value is -2.59. The molecule has 10 heteroatoms. The van der Waals surface area contributed by atoms with E-state index >= 15 is 0 Å². The summed E-state index contributed by atoms with van der Waals surface area (Å²) in [5, 5.41) is 17.6. The molecule has 0 fully saturated rings. The van der Waals surface area contributed by atoms with Crippen molar-refractivity contribution in [3.05, 3.63) is 44.8 Å². The first kappa shape index (κ1) is 23.7. The molecule has 2 aromatic heterocycles. The fraction of sp³-hybridized carbons (Fsp3) is 0.450. The molecule has 0 spiro atoms. The minimum absolute atomic E-state index is 0.0212. The van der Waals surface area contributed by atoms with Gasteiger partial charge in [-0.05, 0) is 50.1 Å². The van der Waals surface area contributed by atoms with Gasteiger partial charge < -0.3 is 25.4 Å². The van der Waals surface area contributed by atoms with E-state index in [0.29, 0.717) is 13.1 Å². The summed E-state index contributed by atoms with van der Waals surface area (Å²) in [6.07, 6.45) is -1.80. The molecule has 0 aromatic carbocycles. The van der Waals surface area contributed by atoms with E-state index in [9.17, 15) is 14.4 Å². The van der Waals surface area contributed by atoms with Crippen molar-refractivity contribution in [2.75, 3.05) is 6.54 Å². The minimum atomic E-state index is -1.19. The second kappa shape index (κ2) is 11.0. The Labute approximate surface area is 183 Å². The third kappa shape index (κ3) is 8.42. The van der Waals surface area contributed by atoms with Crippen molar-refractivity contribution in [1.82, 2.24) is 15.5 Å². The molecule has 2 heterocycles. The number of hydrogen-bond donors (Lipinski definition) is 3. The molecule has 0 radical (unpaired) electrons. The Kier molecular flexibility index (Phi) is 8.67. The number of amides is 3. The minimum Gasteiger partial charge on any atom is -0.465 e. The predicted octanol–water partition coefficient (Wildman–Crippen LogP) is 3.89. The summed E-state index contributed by atoms with van der Waals surface area (Å²) in [6.45, 7) is 6.01. The second-order valence-electron chi connectivity index (χ2n) is 7.57. The van der Waals surface area contributed by atoms with Gasteiger partial charge in [0.2, 0.25) is 5.91 Å². The van der Waals surface area contributed by atoms with E-state index in [1.54, 1.807) is 48.3 Å². The van der Waals surface area contributed by atoms with Crippen LogP contribution in [0.25, 0.3) is 0 Å². The van der Waals surface area contributed by atoms with Crippen LogP contribution in [0.15, 0.2) is 35.0 Å². The van der Waals surface area contributed by atoms with Gasteiger partial charge in [0, 0.05) is 16.3 Å². The number of carbonyl (C=O) groups excluding carboxylic acids is 2. The maximum absolute atomic E-state index is 13.4. The monoisotopic (exact) mass is 453 g/mol. The quantitative estimate of drug-likeness (QED) is 0.534. The molecule has 0 saturated carbocycles. The summed E-state index contributed by atoms with van der Waals surface area (Å²) in [5.74, 6) is -0.296. The number of rotatable bonds is 9. The summed E-state index contributed by atoms with van der Waals surface area (Å²) in [6, 6.07) is 6.80. The normalized spacial score (nSPS) is 12.1. The first-order valence-electron chi connectivity index (χ1n) is 9.44. The van der Waals surface area contributed by atoms with E-state index in [2.05, 4.69) is 10.6 Å². The molecule has 3 N–H and O–H groups in total. The first-order valence-corrected chi connectivity index (χ1v) is 11.2. The highest BCUT2D eigenvalue weighted by Crippen LogP contribution is 2.19. The van der Waals surface area contributed by atoms with E-state index in [1.165, 1.54) is 0 Å². The van der Waals surface area contributed by atoms with Crippen molar-refractivity contribution < 1.29 is 24.2 Å². The molecular weight excluding hydrogens is 426 g/mol. The fourth-order valence-electron chi connectivity index (χ4n) is 2.64. The van der Waals surface area contributed by atoms with Crippen LogP contribution in [0, 0.1) is 0 Å². The highest BCUT2D eigenvalue weighted by atomic mass is 32.1. The number of hydrogen-bond acceptors (Lipinski definition) is 6. The Bertz CT molecular complexity index is 780. The largest absolute Gasteiger partial charge is 0.465 e. The first-order chi connectivity index (χ1) is 14.1. The standard InChI is InChI=1S/C20H27N3O5S2/c1-20(2,3)28-19(27)22-16(8-9-21-18(25)26)17(24)23(12-14-6-4-10-29-14)13-15-7-5-11-30-15/h4-7,10-11,16,21H,8-9,12-13H2,1-3H3,(H,22,27)(H,25,26)/t16-/m0/s1. The summed E-state index contributed by atoms with van der Waals surface area (Å²) in [7, 11) is 0. The Morgan fingerprint density at radius 1 is 1.10 bits per heavy atom. The molecule has 2 rings (SSSR count). The maximum Gasteiger partial charge on any atom is 0.408 e. The molecule has 1 atom stereocenters. The van der Waals surface area contributed by atoms with E-state index < -0.39 is 23.8 Å². The van der Waals surface area contributed by atoms with Gasteiger partial charge in [-0.25, -0.2) is 9.59 Å². The average Bonchev–Trinajstić information content (AvgIpc) is 3.32. The van der Waals surface area contributed by atoms with Crippen LogP contribution in [-0.4, -0.2) is 46.3 Å². The van der Waals surface area contributed by atoms with Gasteiger partial charge >= 0.3 is 12.2 Å². The number of carbonyl (C=O) groups is 3. The number of nitrogens with zero attached hydrogens (tertiary/aromatic N) is 1. The predicted molar refractivity (Wildman–Crippen MR) is 117 cm³/mol. The van der Waals surface area contributed by atoms with Crippen LogP contribution < -0.4 is 10.6 Å². The Morgan fingerprint density at radius 3 is 2.10 bits per heavy atom. The van der Waals surface area contributed by atoms with Crippen LogP contribution in [0.2, 0.25) is 0 Å². The number of nitrogens with one attached hydrogen (secondary N) is 2. The van der Waals surface area contributed by atoms with Gasteiger partial charge in [0.25, 0.3) is 0 Å². The number of carboxylic acid groups (broad SMARTS) is 1. The lowest BCUT2D eigenvalue weighted by Gasteiger charge is -2.28. The smallest absolute Gasteiger partial charge is 0.408 e. The van der Waals surface area contributed by atoms with Crippen molar-refractivity contribution in [2.45, 2.75) is 51.9 Å². The zero-order chi connectivity index (χ0) is 22.1. The third-order valence-corrected chi connectivity index (χ3v) is 5.59. The van der Waals surface area contributed by atoms with Crippen molar-refractivity contribution >= 4 is 40.8 Å². The van der Waals surface area contributed by atoms with Gasteiger partial charge in [0.05, 0.1) is 13.1 Å². The summed E-state index contributed by atoms with van der Waals surface area (Å²) in [4.78, 5) is 40.1. The van der Waals surface area contributed by atoms with Gasteiger partial charge in [-0.15, -0.1) is 22.7 Å². The number of ether oxygens (including phenoxy) is 1. The number of thiophene rings is 2. The molecule has 0 bridgehead atoms. The van der Waals surface area contributed by atoms with Crippen molar-refractivity contribution in [3.63, 3.8) is 0 Å². The van der Waals surface area contributed by atoms with E-state index in [0.717, 1.165) is 9.75 Å². The van der Waals surface area contributed by atoms with Crippen LogP contribution in [0.1, 0.15) is 36.9 Å². The van der Waals surface area contributed by atoms with Crippen LogP contribution in [0.4, 0.5) is 9.59 Å². The van der Waals surface area contributed by atoms with Crippen molar-refractivity contribution in [2.24, 2.45) is 0 Å². The van der Waals surface area contributed by atoms with Crippen molar-refractivity contribution in [3.8, 4) is 0 Å². The second-order valence-corrected chi connectivity index (χ2v) is 9.64.